The van der Waals surface area contributed by atoms with E-state index in [0.29, 0.717) is 31.8 Å². The summed E-state index contributed by atoms with van der Waals surface area (Å²) in [5.74, 6) is 0.673. The van der Waals surface area contributed by atoms with Crippen molar-refractivity contribution in [3.05, 3.63) is 0 Å². The Bertz CT molecular complexity index is 435. The van der Waals surface area contributed by atoms with Gasteiger partial charge in [0.25, 0.3) is 0 Å². The summed E-state index contributed by atoms with van der Waals surface area (Å²) in [5.41, 5.74) is -0.681. The van der Waals surface area contributed by atoms with Gasteiger partial charge in [-0.3, -0.25) is 14.5 Å². The van der Waals surface area contributed by atoms with Crippen molar-refractivity contribution >= 4 is 11.8 Å². The lowest BCUT2D eigenvalue weighted by Gasteiger charge is -2.35. The SMILES string of the molecule is CC(C)CCNC(=O)[C@]1(C)CCC(=O)N1CCCN1CCOCC1. The highest BCUT2D eigenvalue weighted by atomic mass is 16.5. The molecule has 0 saturated carbocycles. The van der Waals surface area contributed by atoms with E-state index in [1.165, 1.54) is 0 Å². The van der Waals surface area contributed by atoms with Gasteiger partial charge in [0.1, 0.15) is 5.54 Å². The molecule has 0 spiro atoms. The molecule has 0 bridgehead atoms. The predicted molar refractivity (Wildman–Crippen MR) is 93.7 cm³/mol. The minimum atomic E-state index is -0.681. The molecule has 0 radical (unpaired) electrons. The zero-order valence-corrected chi connectivity index (χ0v) is 15.5. The summed E-state index contributed by atoms with van der Waals surface area (Å²) >= 11 is 0. The Morgan fingerprint density at radius 1 is 1.29 bits per heavy atom. The van der Waals surface area contributed by atoms with Crippen LogP contribution in [-0.4, -0.2) is 73.1 Å². The second kappa shape index (κ2) is 8.81. The van der Waals surface area contributed by atoms with E-state index in [-0.39, 0.29) is 11.8 Å². The Morgan fingerprint density at radius 3 is 2.67 bits per heavy atom. The van der Waals surface area contributed by atoms with E-state index in [2.05, 4.69) is 24.1 Å². The number of carbonyl (C=O) groups excluding carboxylic acids is 2. The van der Waals surface area contributed by atoms with Gasteiger partial charge in [-0.25, -0.2) is 0 Å². The highest BCUT2D eigenvalue weighted by Gasteiger charge is 2.46. The minimum Gasteiger partial charge on any atom is -0.379 e. The molecule has 6 heteroatoms. The van der Waals surface area contributed by atoms with Crippen LogP contribution < -0.4 is 5.32 Å². The van der Waals surface area contributed by atoms with Crippen LogP contribution in [0.15, 0.2) is 0 Å². The van der Waals surface area contributed by atoms with Crippen LogP contribution in [0.25, 0.3) is 0 Å². The zero-order valence-electron chi connectivity index (χ0n) is 15.5. The second-order valence-corrected chi connectivity index (χ2v) is 7.57. The molecule has 0 unspecified atom stereocenters. The summed E-state index contributed by atoms with van der Waals surface area (Å²) in [6.07, 6.45) is 2.97. The van der Waals surface area contributed by atoms with Gasteiger partial charge in [-0.1, -0.05) is 13.8 Å². The molecule has 138 valence electrons. The molecule has 0 aromatic carbocycles. The number of hydrogen-bond donors (Lipinski definition) is 1. The van der Waals surface area contributed by atoms with E-state index in [4.69, 9.17) is 4.74 Å². The van der Waals surface area contributed by atoms with Crippen molar-refractivity contribution in [1.82, 2.24) is 15.1 Å². The largest absolute Gasteiger partial charge is 0.379 e. The number of nitrogens with one attached hydrogen (secondary N) is 1. The second-order valence-electron chi connectivity index (χ2n) is 7.57. The third kappa shape index (κ3) is 4.93. The fourth-order valence-corrected chi connectivity index (χ4v) is 3.45. The zero-order chi connectivity index (χ0) is 17.6. The summed E-state index contributed by atoms with van der Waals surface area (Å²) < 4.78 is 5.36. The van der Waals surface area contributed by atoms with Crippen LogP contribution in [0.5, 0.6) is 0 Å². The van der Waals surface area contributed by atoms with Crippen molar-refractivity contribution in [3.8, 4) is 0 Å². The number of carbonyl (C=O) groups is 2. The van der Waals surface area contributed by atoms with Gasteiger partial charge < -0.3 is 15.0 Å². The molecule has 2 aliphatic rings. The fourth-order valence-electron chi connectivity index (χ4n) is 3.45. The Morgan fingerprint density at radius 2 is 2.00 bits per heavy atom. The van der Waals surface area contributed by atoms with E-state index in [1.807, 2.05) is 6.92 Å². The van der Waals surface area contributed by atoms with Crippen LogP contribution in [0.3, 0.4) is 0 Å². The number of ether oxygens (including phenoxy) is 1. The van der Waals surface area contributed by atoms with Crippen molar-refractivity contribution in [2.75, 3.05) is 45.9 Å². The summed E-state index contributed by atoms with van der Waals surface area (Å²) in [6.45, 7) is 12.0. The Labute approximate surface area is 145 Å². The summed E-state index contributed by atoms with van der Waals surface area (Å²) in [4.78, 5) is 29.1. The number of rotatable bonds is 8. The maximum absolute atomic E-state index is 12.6. The Balaban J connectivity index is 1.83. The molecule has 1 N–H and O–H groups in total. The molecule has 2 heterocycles. The standard InChI is InChI=1S/C18H33N3O3/c1-15(2)6-8-19-17(23)18(3)7-5-16(22)21(18)10-4-9-20-11-13-24-14-12-20/h15H,4-14H2,1-3H3,(H,19,23)/t18-/m0/s1. The third-order valence-corrected chi connectivity index (χ3v) is 5.18. The molecular formula is C18H33N3O3. The third-order valence-electron chi connectivity index (χ3n) is 5.18. The van der Waals surface area contributed by atoms with Crippen molar-refractivity contribution in [1.29, 1.82) is 0 Å². The first-order valence-electron chi connectivity index (χ1n) is 9.32. The molecule has 0 aliphatic carbocycles. The maximum Gasteiger partial charge on any atom is 0.245 e. The lowest BCUT2D eigenvalue weighted by atomic mass is 9.97. The van der Waals surface area contributed by atoms with Gasteiger partial charge in [0.2, 0.25) is 11.8 Å². The maximum atomic E-state index is 12.6. The van der Waals surface area contributed by atoms with E-state index >= 15 is 0 Å². The van der Waals surface area contributed by atoms with Crippen LogP contribution in [0.4, 0.5) is 0 Å². The van der Waals surface area contributed by atoms with Gasteiger partial charge in [0.15, 0.2) is 0 Å². The van der Waals surface area contributed by atoms with E-state index < -0.39 is 5.54 Å². The van der Waals surface area contributed by atoms with Gasteiger partial charge in [-0.2, -0.15) is 0 Å². The molecule has 2 aliphatic heterocycles. The normalized spacial score (nSPS) is 25.5. The molecule has 6 nitrogen and oxygen atoms in total. The van der Waals surface area contributed by atoms with E-state index in [1.54, 1.807) is 4.90 Å². The first-order valence-corrected chi connectivity index (χ1v) is 9.32. The number of nitrogens with zero attached hydrogens (tertiary/aromatic N) is 2. The molecule has 24 heavy (non-hydrogen) atoms. The summed E-state index contributed by atoms with van der Waals surface area (Å²) in [6, 6.07) is 0. The van der Waals surface area contributed by atoms with E-state index in [9.17, 15) is 9.59 Å². The minimum absolute atomic E-state index is 0.000345. The Kier molecular flexibility index (Phi) is 7.04. The summed E-state index contributed by atoms with van der Waals surface area (Å²) in [7, 11) is 0. The molecule has 2 amide bonds. The van der Waals surface area contributed by atoms with Gasteiger partial charge >= 0.3 is 0 Å². The smallest absolute Gasteiger partial charge is 0.245 e. The molecule has 0 aromatic rings. The van der Waals surface area contributed by atoms with Crippen molar-refractivity contribution in [2.24, 2.45) is 5.92 Å². The van der Waals surface area contributed by atoms with Gasteiger partial charge in [0.05, 0.1) is 13.2 Å². The monoisotopic (exact) mass is 339 g/mol. The average Bonchev–Trinajstić information content (AvgIpc) is 2.85. The van der Waals surface area contributed by atoms with Crippen molar-refractivity contribution in [3.63, 3.8) is 0 Å². The highest BCUT2D eigenvalue weighted by molar-refractivity contribution is 5.94. The number of morpholine rings is 1. The predicted octanol–water partition coefficient (Wildman–Crippen LogP) is 1.25. The first-order chi connectivity index (χ1) is 11.4. The average molecular weight is 339 g/mol. The van der Waals surface area contributed by atoms with Crippen LogP contribution in [0.1, 0.15) is 46.5 Å². The van der Waals surface area contributed by atoms with Crippen LogP contribution in [0.2, 0.25) is 0 Å². The first kappa shape index (κ1) is 19.2. The molecule has 2 fully saturated rings. The van der Waals surface area contributed by atoms with E-state index in [0.717, 1.165) is 45.7 Å². The molecule has 0 aromatic heterocycles. The lowest BCUT2D eigenvalue weighted by molar-refractivity contribution is -0.140. The topological polar surface area (TPSA) is 61.9 Å². The Hall–Kier alpha value is -1.14. The highest BCUT2D eigenvalue weighted by Crippen LogP contribution is 2.30. The van der Waals surface area contributed by atoms with Crippen molar-refractivity contribution < 1.29 is 14.3 Å². The lowest BCUT2D eigenvalue weighted by Crippen LogP contribution is -2.55. The molecular weight excluding hydrogens is 306 g/mol. The number of amides is 2. The molecule has 2 rings (SSSR count). The van der Waals surface area contributed by atoms with Gasteiger partial charge in [-0.15, -0.1) is 0 Å². The van der Waals surface area contributed by atoms with Crippen LogP contribution in [-0.2, 0) is 14.3 Å². The number of hydrogen-bond acceptors (Lipinski definition) is 4. The van der Waals surface area contributed by atoms with Crippen LogP contribution in [0, 0.1) is 5.92 Å². The number of likely N-dealkylation sites (tertiary alicyclic amines) is 1. The quantitative estimate of drug-likeness (QED) is 0.723. The fraction of sp³-hybridized carbons (Fsp3) is 0.889. The van der Waals surface area contributed by atoms with Gasteiger partial charge in [-0.05, 0) is 32.1 Å². The molecule has 1 atom stereocenters. The van der Waals surface area contributed by atoms with Crippen molar-refractivity contribution in [2.45, 2.75) is 52.0 Å². The van der Waals surface area contributed by atoms with Crippen LogP contribution >= 0.6 is 0 Å². The molecule has 2 saturated heterocycles. The summed E-state index contributed by atoms with van der Waals surface area (Å²) in [5, 5.41) is 3.03. The van der Waals surface area contributed by atoms with Gasteiger partial charge in [0, 0.05) is 39.1 Å².